The average Bonchev–Trinajstić information content (AvgIpc) is 2.68. The third-order valence-electron chi connectivity index (χ3n) is 4.71. The molecule has 25 heavy (non-hydrogen) atoms. The molecule has 1 aliphatic heterocycles. The van der Waals surface area contributed by atoms with Gasteiger partial charge in [-0.25, -0.2) is 0 Å². The van der Waals surface area contributed by atoms with Crippen molar-refractivity contribution in [3.8, 4) is 0 Å². The van der Waals surface area contributed by atoms with E-state index >= 15 is 0 Å². The fourth-order valence-electron chi connectivity index (χ4n) is 3.01. The van der Waals surface area contributed by atoms with Crippen LogP contribution in [0.5, 0.6) is 0 Å². The zero-order valence-corrected chi connectivity index (χ0v) is 15.1. The molecule has 1 fully saturated rings. The first kappa shape index (κ1) is 18.0. The van der Waals surface area contributed by atoms with Crippen molar-refractivity contribution in [2.45, 2.75) is 29.2 Å². The van der Waals surface area contributed by atoms with Crippen LogP contribution in [0.3, 0.4) is 0 Å². The van der Waals surface area contributed by atoms with E-state index in [4.69, 9.17) is 10.5 Å². The molecule has 2 aromatic carbocycles. The molecular formula is C20H24N2O2S. The van der Waals surface area contributed by atoms with E-state index in [1.165, 1.54) is 4.90 Å². The molecule has 0 aromatic heterocycles. The van der Waals surface area contributed by atoms with Crippen molar-refractivity contribution in [2.24, 2.45) is 11.1 Å². The van der Waals surface area contributed by atoms with Crippen molar-refractivity contribution in [2.75, 3.05) is 19.8 Å². The van der Waals surface area contributed by atoms with Crippen molar-refractivity contribution in [1.29, 1.82) is 0 Å². The summed E-state index contributed by atoms with van der Waals surface area (Å²) >= 11 is 1.71. The van der Waals surface area contributed by atoms with Gasteiger partial charge >= 0.3 is 0 Å². The molecule has 0 aliphatic carbocycles. The Kier molecular flexibility index (Phi) is 6.13. The van der Waals surface area contributed by atoms with Crippen LogP contribution in [0.25, 0.3) is 0 Å². The summed E-state index contributed by atoms with van der Waals surface area (Å²) in [5, 5.41) is 3.10. The van der Waals surface area contributed by atoms with Crippen molar-refractivity contribution < 1.29 is 9.53 Å². The summed E-state index contributed by atoms with van der Waals surface area (Å²) in [4.78, 5) is 15.1. The molecule has 1 heterocycles. The van der Waals surface area contributed by atoms with Gasteiger partial charge in [-0.15, -0.1) is 0 Å². The zero-order valence-electron chi connectivity index (χ0n) is 14.2. The number of rotatable bonds is 6. The number of nitrogens with two attached hydrogens (primary N) is 1. The number of carbonyl (C=O) groups excluding carboxylic acids is 1. The second-order valence-corrected chi connectivity index (χ2v) is 7.42. The molecule has 0 saturated carbocycles. The van der Waals surface area contributed by atoms with Gasteiger partial charge < -0.3 is 15.8 Å². The summed E-state index contributed by atoms with van der Waals surface area (Å²) < 4.78 is 5.39. The molecule has 1 saturated heterocycles. The van der Waals surface area contributed by atoms with Gasteiger partial charge in [-0.1, -0.05) is 48.2 Å². The van der Waals surface area contributed by atoms with E-state index in [1.54, 1.807) is 11.8 Å². The van der Waals surface area contributed by atoms with Gasteiger partial charge in [-0.3, -0.25) is 4.79 Å². The van der Waals surface area contributed by atoms with Crippen molar-refractivity contribution >= 4 is 17.7 Å². The van der Waals surface area contributed by atoms with Crippen LogP contribution >= 0.6 is 11.8 Å². The van der Waals surface area contributed by atoms with Crippen LogP contribution in [0.1, 0.15) is 18.4 Å². The Hall–Kier alpha value is -1.82. The molecule has 0 unspecified atom stereocenters. The number of hydrogen-bond donors (Lipinski definition) is 2. The fraction of sp³-hybridized carbons (Fsp3) is 0.350. The minimum absolute atomic E-state index is 0.0396. The lowest BCUT2D eigenvalue weighted by atomic mass is 9.79. The van der Waals surface area contributed by atoms with E-state index in [-0.39, 0.29) is 5.91 Å². The number of nitrogens with one attached hydrogen (secondary N) is 1. The highest BCUT2D eigenvalue weighted by Crippen LogP contribution is 2.32. The lowest BCUT2D eigenvalue weighted by Gasteiger charge is -2.34. The number of ether oxygens (including phenoxy) is 1. The van der Waals surface area contributed by atoms with Crippen LogP contribution in [-0.4, -0.2) is 25.7 Å². The molecular weight excluding hydrogens is 332 g/mol. The van der Waals surface area contributed by atoms with Crippen molar-refractivity contribution in [3.05, 3.63) is 60.2 Å². The first-order valence-electron chi connectivity index (χ1n) is 8.60. The molecule has 2 aromatic rings. The summed E-state index contributed by atoms with van der Waals surface area (Å²) in [7, 11) is 0. The third kappa shape index (κ3) is 4.42. The molecule has 0 bridgehead atoms. The van der Waals surface area contributed by atoms with Crippen molar-refractivity contribution in [3.63, 3.8) is 0 Å². The Morgan fingerprint density at radius 1 is 1.08 bits per heavy atom. The molecule has 0 atom stereocenters. The van der Waals surface area contributed by atoms with Gasteiger partial charge in [0.1, 0.15) is 0 Å². The molecule has 4 nitrogen and oxygen atoms in total. The van der Waals surface area contributed by atoms with Crippen LogP contribution in [0.15, 0.2) is 64.4 Å². The largest absolute Gasteiger partial charge is 0.381 e. The maximum absolute atomic E-state index is 12.7. The second-order valence-electron chi connectivity index (χ2n) is 6.30. The Bertz CT molecular complexity index is 700. The van der Waals surface area contributed by atoms with Gasteiger partial charge in [-0.2, -0.15) is 0 Å². The van der Waals surface area contributed by atoms with E-state index in [0.29, 0.717) is 39.1 Å². The third-order valence-corrected chi connectivity index (χ3v) is 5.83. The Morgan fingerprint density at radius 2 is 1.76 bits per heavy atom. The summed E-state index contributed by atoms with van der Waals surface area (Å²) in [6, 6.07) is 18.4. The lowest BCUT2D eigenvalue weighted by molar-refractivity contribution is -0.136. The molecule has 1 amide bonds. The van der Waals surface area contributed by atoms with Gasteiger partial charge in [0.15, 0.2) is 0 Å². The van der Waals surface area contributed by atoms with Crippen LogP contribution in [0, 0.1) is 5.41 Å². The predicted octanol–water partition coefficient (Wildman–Crippen LogP) is 3.21. The Morgan fingerprint density at radius 3 is 2.48 bits per heavy atom. The Labute approximate surface area is 153 Å². The van der Waals surface area contributed by atoms with Crippen molar-refractivity contribution in [1.82, 2.24) is 5.32 Å². The SMILES string of the molecule is NCC1(C(=O)NCc2ccccc2Sc2ccccc2)CCOCC1. The van der Waals surface area contributed by atoms with Gasteiger partial charge in [0.2, 0.25) is 5.91 Å². The fourth-order valence-corrected chi connectivity index (χ4v) is 3.98. The summed E-state index contributed by atoms with van der Waals surface area (Å²) in [5.41, 5.74) is 6.55. The normalized spacial score (nSPS) is 16.4. The molecule has 3 N–H and O–H groups in total. The highest BCUT2D eigenvalue weighted by Gasteiger charge is 2.38. The summed E-state index contributed by atoms with van der Waals surface area (Å²) in [6.07, 6.45) is 1.38. The van der Waals surface area contributed by atoms with Gasteiger partial charge in [0.05, 0.1) is 5.41 Å². The van der Waals surface area contributed by atoms with E-state index in [9.17, 15) is 4.79 Å². The topological polar surface area (TPSA) is 64.4 Å². The number of carbonyl (C=O) groups is 1. The van der Waals surface area contributed by atoms with E-state index in [2.05, 4.69) is 29.6 Å². The second kappa shape index (κ2) is 8.52. The van der Waals surface area contributed by atoms with Crippen LogP contribution < -0.4 is 11.1 Å². The quantitative estimate of drug-likeness (QED) is 0.834. The predicted molar refractivity (Wildman–Crippen MR) is 100 cm³/mol. The number of benzene rings is 2. The van der Waals surface area contributed by atoms with Gasteiger partial charge in [-0.05, 0) is 36.6 Å². The maximum Gasteiger partial charge on any atom is 0.227 e. The first-order valence-corrected chi connectivity index (χ1v) is 9.42. The molecule has 1 aliphatic rings. The molecule has 132 valence electrons. The van der Waals surface area contributed by atoms with E-state index < -0.39 is 5.41 Å². The molecule has 5 heteroatoms. The summed E-state index contributed by atoms with van der Waals surface area (Å²) in [5.74, 6) is 0.0396. The van der Waals surface area contributed by atoms with Crippen LogP contribution in [-0.2, 0) is 16.1 Å². The molecule has 0 radical (unpaired) electrons. The lowest BCUT2D eigenvalue weighted by Crippen LogP contribution is -2.49. The highest BCUT2D eigenvalue weighted by molar-refractivity contribution is 7.99. The Balaban J connectivity index is 1.68. The standard InChI is InChI=1S/C20H24N2O2S/c21-15-20(10-12-24-13-11-20)19(23)22-14-16-6-4-5-9-18(16)25-17-7-2-1-3-8-17/h1-9H,10-15,21H2,(H,22,23). The summed E-state index contributed by atoms with van der Waals surface area (Å²) in [6.45, 7) is 2.08. The molecule has 0 spiro atoms. The van der Waals surface area contributed by atoms with Gasteiger partial charge in [0, 0.05) is 36.1 Å². The number of hydrogen-bond acceptors (Lipinski definition) is 4. The first-order chi connectivity index (χ1) is 12.2. The monoisotopic (exact) mass is 356 g/mol. The zero-order chi connectivity index (χ0) is 17.5. The smallest absolute Gasteiger partial charge is 0.227 e. The van der Waals surface area contributed by atoms with Gasteiger partial charge in [0.25, 0.3) is 0 Å². The highest BCUT2D eigenvalue weighted by atomic mass is 32.2. The van der Waals surface area contributed by atoms with Crippen LogP contribution in [0.2, 0.25) is 0 Å². The van der Waals surface area contributed by atoms with Crippen LogP contribution in [0.4, 0.5) is 0 Å². The van der Waals surface area contributed by atoms with E-state index in [0.717, 1.165) is 10.5 Å². The minimum Gasteiger partial charge on any atom is -0.381 e. The van der Waals surface area contributed by atoms with E-state index in [1.807, 2.05) is 30.3 Å². The minimum atomic E-state index is -0.486. The molecule has 3 rings (SSSR count). The number of amides is 1. The average molecular weight is 356 g/mol. The maximum atomic E-state index is 12.7.